The zero-order valence-corrected chi connectivity index (χ0v) is 15.5. The van der Waals surface area contributed by atoms with E-state index in [1.807, 2.05) is 60.7 Å². The highest BCUT2D eigenvalue weighted by atomic mass is 35.5. The van der Waals surface area contributed by atoms with Crippen LogP contribution in [0.15, 0.2) is 89.1 Å². The van der Waals surface area contributed by atoms with Gasteiger partial charge in [-0.1, -0.05) is 66.3 Å². The van der Waals surface area contributed by atoms with Gasteiger partial charge in [0.1, 0.15) is 10.7 Å². The van der Waals surface area contributed by atoms with Gasteiger partial charge in [0, 0.05) is 17.1 Å². The molecule has 4 rings (SSSR count). The molecule has 26 heavy (non-hydrogen) atoms. The molecular formula is C22H16ClNOS. The minimum absolute atomic E-state index is 0.712. The number of halogens is 1. The predicted octanol–water partition coefficient (Wildman–Crippen LogP) is 6.20. The predicted molar refractivity (Wildman–Crippen MR) is 111 cm³/mol. The smallest absolute Gasteiger partial charge is 0.127 e. The third-order valence-electron chi connectivity index (χ3n) is 4.24. The number of hydrogen-bond acceptors (Lipinski definition) is 2. The fourth-order valence-electron chi connectivity index (χ4n) is 2.97. The molecule has 0 amide bonds. The second kappa shape index (κ2) is 7.32. The van der Waals surface area contributed by atoms with Gasteiger partial charge < -0.3 is 9.32 Å². The molecule has 2 heterocycles. The number of thiocarbonyl (C=S) groups is 1. The summed E-state index contributed by atoms with van der Waals surface area (Å²) in [6.45, 7) is 0.712. The zero-order valence-electron chi connectivity index (χ0n) is 13.9. The molecule has 0 spiro atoms. The fourth-order valence-corrected chi connectivity index (χ4v) is 3.37. The van der Waals surface area contributed by atoms with Crippen molar-refractivity contribution in [3.05, 3.63) is 107 Å². The maximum absolute atomic E-state index is 6.05. The molecule has 0 atom stereocenters. The summed E-state index contributed by atoms with van der Waals surface area (Å²) in [6.07, 6.45) is 5.75. The van der Waals surface area contributed by atoms with E-state index in [4.69, 9.17) is 28.2 Å². The van der Waals surface area contributed by atoms with Crippen molar-refractivity contribution in [2.24, 2.45) is 0 Å². The first-order valence-electron chi connectivity index (χ1n) is 8.29. The largest absolute Gasteiger partial charge is 0.465 e. The number of rotatable bonds is 4. The standard InChI is InChI=1S/C22H16ClNOS/c23-19-10-8-17(9-11-19)21-14-18(13-20-7-4-12-25-20)22(26)24(21)15-16-5-2-1-3-6-16/h1-14H,15H2/b18-13+. The average Bonchev–Trinajstić information content (AvgIpc) is 3.27. The molecule has 0 unspecified atom stereocenters. The molecule has 4 heteroatoms. The Kier molecular flexibility index (Phi) is 4.74. The first-order chi connectivity index (χ1) is 12.7. The lowest BCUT2D eigenvalue weighted by atomic mass is 10.1. The lowest BCUT2D eigenvalue weighted by molar-refractivity contribution is 0.556. The molecule has 2 aromatic carbocycles. The van der Waals surface area contributed by atoms with E-state index in [1.165, 1.54) is 5.56 Å². The van der Waals surface area contributed by atoms with Crippen LogP contribution in [0, 0.1) is 0 Å². The Balaban J connectivity index is 1.74. The second-order valence-corrected chi connectivity index (χ2v) is 6.85. The number of nitrogens with zero attached hydrogens (tertiary/aromatic N) is 1. The van der Waals surface area contributed by atoms with Crippen molar-refractivity contribution in [3.63, 3.8) is 0 Å². The van der Waals surface area contributed by atoms with Gasteiger partial charge in [-0.15, -0.1) is 0 Å². The van der Waals surface area contributed by atoms with Gasteiger partial charge >= 0.3 is 0 Å². The van der Waals surface area contributed by atoms with E-state index in [-0.39, 0.29) is 0 Å². The molecule has 0 aliphatic carbocycles. The van der Waals surface area contributed by atoms with Crippen LogP contribution in [0.1, 0.15) is 16.9 Å². The molecule has 0 radical (unpaired) electrons. The molecule has 1 aliphatic rings. The van der Waals surface area contributed by atoms with Crippen molar-refractivity contribution in [1.82, 2.24) is 4.90 Å². The van der Waals surface area contributed by atoms with Crippen LogP contribution in [0.2, 0.25) is 5.02 Å². The van der Waals surface area contributed by atoms with Crippen LogP contribution < -0.4 is 0 Å². The third-order valence-corrected chi connectivity index (χ3v) is 4.95. The van der Waals surface area contributed by atoms with E-state index in [1.54, 1.807) is 6.26 Å². The van der Waals surface area contributed by atoms with Crippen molar-refractivity contribution in [2.45, 2.75) is 6.54 Å². The summed E-state index contributed by atoms with van der Waals surface area (Å²) >= 11 is 11.8. The molecule has 128 valence electrons. The van der Waals surface area contributed by atoms with E-state index in [2.05, 4.69) is 23.1 Å². The summed E-state index contributed by atoms with van der Waals surface area (Å²) in [5.74, 6) is 0.788. The zero-order chi connectivity index (χ0) is 17.9. The quantitative estimate of drug-likeness (QED) is 0.397. The number of hydrogen-bond donors (Lipinski definition) is 0. The maximum atomic E-state index is 6.05. The lowest BCUT2D eigenvalue weighted by Gasteiger charge is -2.23. The summed E-state index contributed by atoms with van der Waals surface area (Å²) in [6, 6.07) is 21.9. The molecule has 0 saturated carbocycles. The molecule has 0 bridgehead atoms. The first-order valence-corrected chi connectivity index (χ1v) is 9.08. The second-order valence-electron chi connectivity index (χ2n) is 6.03. The first kappa shape index (κ1) is 16.8. The summed E-state index contributed by atoms with van der Waals surface area (Å²) in [4.78, 5) is 2.94. The van der Waals surface area contributed by atoms with Crippen LogP contribution in [0.5, 0.6) is 0 Å². The Morgan fingerprint density at radius 1 is 0.962 bits per heavy atom. The fraction of sp³-hybridized carbons (Fsp3) is 0.0455. The Bertz CT molecular complexity index is 973. The molecule has 2 nitrogen and oxygen atoms in total. The third kappa shape index (κ3) is 3.50. The summed E-state index contributed by atoms with van der Waals surface area (Å²) in [7, 11) is 0. The maximum Gasteiger partial charge on any atom is 0.127 e. The molecule has 1 aromatic heterocycles. The highest BCUT2D eigenvalue weighted by Crippen LogP contribution is 2.33. The normalized spacial score (nSPS) is 15.6. The minimum atomic E-state index is 0.712. The Hall–Kier alpha value is -2.62. The Morgan fingerprint density at radius 3 is 2.42 bits per heavy atom. The van der Waals surface area contributed by atoms with Crippen LogP contribution in [0.4, 0.5) is 0 Å². The van der Waals surface area contributed by atoms with Crippen LogP contribution in [0.25, 0.3) is 11.8 Å². The summed E-state index contributed by atoms with van der Waals surface area (Å²) in [5.41, 5.74) is 4.31. The van der Waals surface area contributed by atoms with Gasteiger partial charge in [-0.05, 0) is 47.5 Å². The van der Waals surface area contributed by atoms with Gasteiger partial charge in [-0.3, -0.25) is 0 Å². The van der Waals surface area contributed by atoms with E-state index in [9.17, 15) is 0 Å². The summed E-state index contributed by atoms with van der Waals surface area (Å²) < 4.78 is 5.45. The van der Waals surface area contributed by atoms with Crippen molar-refractivity contribution in [1.29, 1.82) is 0 Å². The van der Waals surface area contributed by atoms with Gasteiger partial charge in [0.15, 0.2) is 0 Å². The topological polar surface area (TPSA) is 16.4 Å². The van der Waals surface area contributed by atoms with E-state index < -0.39 is 0 Å². The molecule has 1 aliphatic heterocycles. The molecule has 0 fully saturated rings. The van der Waals surface area contributed by atoms with Crippen molar-refractivity contribution in [2.75, 3.05) is 0 Å². The lowest BCUT2D eigenvalue weighted by Crippen LogP contribution is -2.23. The van der Waals surface area contributed by atoms with Gasteiger partial charge in [0.05, 0.1) is 12.0 Å². The van der Waals surface area contributed by atoms with E-state index in [0.29, 0.717) is 6.54 Å². The van der Waals surface area contributed by atoms with E-state index >= 15 is 0 Å². The van der Waals surface area contributed by atoms with Gasteiger partial charge in [-0.2, -0.15) is 0 Å². The molecule has 3 aromatic rings. The number of benzene rings is 2. The van der Waals surface area contributed by atoms with Crippen LogP contribution in [-0.4, -0.2) is 9.89 Å². The Labute approximate surface area is 163 Å². The average molecular weight is 378 g/mol. The van der Waals surface area contributed by atoms with Gasteiger partial charge in [0.25, 0.3) is 0 Å². The van der Waals surface area contributed by atoms with Crippen molar-refractivity contribution in [3.8, 4) is 0 Å². The van der Waals surface area contributed by atoms with Gasteiger partial charge in [-0.25, -0.2) is 0 Å². The molecule has 0 saturated heterocycles. The summed E-state index contributed by atoms with van der Waals surface area (Å²) in [5, 5.41) is 0.718. The van der Waals surface area contributed by atoms with Crippen LogP contribution in [-0.2, 0) is 6.54 Å². The minimum Gasteiger partial charge on any atom is -0.465 e. The van der Waals surface area contributed by atoms with E-state index in [0.717, 1.165) is 32.6 Å². The van der Waals surface area contributed by atoms with Crippen LogP contribution in [0.3, 0.4) is 0 Å². The highest BCUT2D eigenvalue weighted by molar-refractivity contribution is 7.80. The molecule has 0 N–H and O–H groups in total. The van der Waals surface area contributed by atoms with Gasteiger partial charge in [0.2, 0.25) is 0 Å². The van der Waals surface area contributed by atoms with Crippen LogP contribution >= 0.6 is 23.8 Å². The monoisotopic (exact) mass is 377 g/mol. The SMILES string of the molecule is S=C1/C(=C/c2ccco2)C=C(c2ccc(Cl)cc2)N1Cc1ccccc1. The highest BCUT2D eigenvalue weighted by Gasteiger charge is 2.26. The Morgan fingerprint density at radius 2 is 1.73 bits per heavy atom. The van der Waals surface area contributed by atoms with Crippen molar-refractivity contribution < 1.29 is 4.42 Å². The molecular weight excluding hydrogens is 362 g/mol. The van der Waals surface area contributed by atoms with Crippen molar-refractivity contribution >= 4 is 40.6 Å². The number of furan rings is 1.